The minimum atomic E-state index is -0.574. The molecule has 0 fully saturated rings. The number of anilines is 2. The van der Waals surface area contributed by atoms with E-state index in [9.17, 15) is 9.18 Å². The summed E-state index contributed by atoms with van der Waals surface area (Å²) < 4.78 is 22.9. The van der Waals surface area contributed by atoms with Gasteiger partial charge in [0.2, 0.25) is 0 Å². The van der Waals surface area contributed by atoms with Gasteiger partial charge in [0.25, 0.3) is 0 Å². The molecule has 0 saturated carbocycles. The van der Waals surface area contributed by atoms with Crippen LogP contribution < -0.4 is 5.32 Å². The van der Waals surface area contributed by atoms with Crippen molar-refractivity contribution < 1.29 is 13.9 Å². The van der Waals surface area contributed by atoms with E-state index >= 15 is 0 Å². The first-order valence-electron chi connectivity index (χ1n) is 5.89. The predicted octanol–water partition coefficient (Wildman–Crippen LogP) is 4.16. The lowest BCUT2D eigenvalue weighted by Crippen LogP contribution is -2.08. The summed E-state index contributed by atoms with van der Waals surface area (Å²) in [5.41, 5.74) is 1.04. The molecule has 0 saturated heterocycles. The first kappa shape index (κ1) is 14.7. The number of nitrogens with one attached hydrogen (secondary N) is 1. The minimum absolute atomic E-state index is 0.00826. The molecule has 1 heterocycles. The van der Waals surface area contributed by atoms with Crippen LogP contribution in [0, 0.1) is 12.7 Å². The first-order valence-corrected chi connectivity index (χ1v) is 7.04. The van der Waals surface area contributed by atoms with Gasteiger partial charge < -0.3 is 10.1 Å². The van der Waals surface area contributed by atoms with Crippen LogP contribution in [-0.4, -0.2) is 16.9 Å². The number of carbonyl (C=O) groups is 1. The van der Waals surface area contributed by atoms with Crippen molar-refractivity contribution in [2.45, 2.75) is 13.8 Å². The van der Waals surface area contributed by atoms with Crippen LogP contribution in [0.25, 0.3) is 0 Å². The fourth-order valence-corrected chi connectivity index (χ4v) is 2.59. The van der Waals surface area contributed by atoms with Crippen molar-refractivity contribution in [3.05, 3.63) is 40.3 Å². The zero-order chi connectivity index (χ0) is 14.7. The number of benzene rings is 1. The lowest BCUT2D eigenvalue weighted by Gasteiger charge is -2.08. The molecule has 0 radical (unpaired) electrons. The van der Waals surface area contributed by atoms with Gasteiger partial charge in [-0.15, -0.1) is 0 Å². The second-order valence-corrected chi connectivity index (χ2v) is 5.10. The van der Waals surface area contributed by atoms with E-state index in [1.165, 1.54) is 12.1 Å². The molecule has 1 N–H and O–H groups in total. The van der Waals surface area contributed by atoms with Crippen molar-refractivity contribution in [3.8, 4) is 0 Å². The van der Waals surface area contributed by atoms with Crippen LogP contribution in [0.3, 0.4) is 0 Å². The number of aromatic nitrogens is 1. The van der Waals surface area contributed by atoms with Crippen LogP contribution in [-0.2, 0) is 4.74 Å². The SMILES string of the molecule is CCOC(=O)c1c(C)nsc1Nc1cccc(Cl)c1F. The van der Waals surface area contributed by atoms with E-state index in [-0.39, 0.29) is 17.3 Å². The minimum Gasteiger partial charge on any atom is -0.462 e. The van der Waals surface area contributed by atoms with Crippen LogP contribution in [0.1, 0.15) is 23.0 Å². The van der Waals surface area contributed by atoms with Gasteiger partial charge in [-0.1, -0.05) is 17.7 Å². The van der Waals surface area contributed by atoms with E-state index in [0.717, 1.165) is 11.5 Å². The molecule has 0 aliphatic carbocycles. The molecule has 1 aromatic carbocycles. The highest BCUT2D eigenvalue weighted by Gasteiger charge is 2.20. The first-order chi connectivity index (χ1) is 9.54. The van der Waals surface area contributed by atoms with Gasteiger partial charge in [-0.2, -0.15) is 4.37 Å². The Morgan fingerprint density at radius 2 is 2.30 bits per heavy atom. The second-order valence-electron chi connectivity index (χ2n) is 3.92. The number of aryl methyl sites for hydroxylation is 1. The van der Waals surface area contributed by atoms with Crippen LogP contribution in [0.2, 0.25) is 5.02 Å². The summed E-state index contributed by atoms with van der Waals surface area (Å²) in [5, 5.41) is 3.28. The number of esters is 1. The van der Waals surface area contributed by atoms with Crippen molar-refractivity contribution in [1.29, 1.82) is 0 Å². The Labute approximate surface area is 124 Å². The maximum absolute atomic E-state index is 13.8. The maximum Gasteiger partial charge on any atom is 0.343 e. The number of nitrogens with zero attached hydrogens (tertiary/aromatic N) is 1. The smallest absolute Gasteiger partial charge is 0.343 e. The average Bonchev–Trinajstić information content (AvgIpc) is 2.76. The molecule has 20 heavy (non-hydrogen) atoms. The summed E-state index contributed by atoms with van der Waals surface area (Å²) in [4.78, 5) is 11.9. The highest BCUT2D eigenvalue weighted by atomic mass is 35.5. The number of halogens is 2. The topological polar surface area (TPSA) is 51.2 Å². The highest BCUT2D eigenvalue weighted by molar-refractivity contribution is 7.10. The number of rotatable bonds is 4. The quantitative estimate of drug-likeness (QED) is 0.861. The highest BCUT2D eigenvalue weighted by Crippen LogP contribution is 2.31. The largest absolute Gasteiger partial charge is 0.462 e. The molecule has 2 aromatic rings. The Hall–Kier alpha value is -1.66. The van der Waals surface area contributed by atoms with Gasteiger partial charge in [0.1, 0.15) is 10.6 Å². The Morgan fingerprint density at radius 3 is 3.00 bits per heavy atom. The van der Waals surface area contributed by atoms with E-state index in [1.54, 1.807) is 19.9 Å². The Morgan fingerprint density at radius 1 is 1.55 bits per heavy atom. The summed E-state index contributed by atoms with van der Waals surface area (Å²) in [6.45, 7) is 3.68. The molecule has 0 amide bonds. The molecule has 0 atom stereocenters. The normalized spacial score (nSPS) is 10.4. The number of ether oxygens (including phenoxy) is 1. The summed E-state index contributed by atoms with van der Waals surface area (Å²) in [7, 11) is 0. The summed E-state index contributed by atoms with van der Waals surface area (Å²) in [6.07, 6.45) is 0. The van der Waals surface area contributed by atoms with Crippen molar-refractivity contribution in [3.63, 3.8) is 0 Å². The molecular formula is C13H12ClFN2O2S. The lowest BCUT2D eigenvalue weighted by atomic mass is 10.2. The number of hydrogen-bond acceptors (Lipinski definition) is 5. The molecule has 0 aliphatic rings. The standard InChI is InChI=1S/C13H12ClFN2O2S/c1-3-19-13(18)10-7(2)17-20-12(10)16-9-6-4-5-8(14)11(9)15/h4-6,16H,3H2,1-2H3. The second kappa shape index (κ2) is 6.19. The zero-order valence-electron chi connectivity index (χ0n) is 10.9. The molecule has 0 bridgehead atoms. The Kier molecular flexibility index (Phi) is 4.57. The van der Waals surface area contributed by atoms with Crippen LogP contribution in [0.4, 0.5) is 15.1 Å². The molecule has 7 heteroatoms. The van der Waals surface area contributed by atoms with Crippen molar-refractivity contribution >= 4 is 39.8 Å². The van der Waals surface area contributed by atoms with Crippen LogP contribution >= 0.6 is 23.1 Å². The van der Waals surface area contributed by atoms with E-state index in [1.807, 2.05) is 0 Å². The van der Waals surface area contributed by atoms with E-state index in [0.29, 0.717) is 16.3 Å². The zero-order valence-corrected chi connectivity index (χ0v) is 12.4. The average molecular weight is 315 g/mol. The summed E-state index contributed by atoms with van der Waals surface area (Å²) in [6, 6.07) is 4.60. The van der Waals surface area contributed by atoms with Gasteiger partial charge in [-0.3, -0.25) is 0 Å². The molecule has 2 rings (SSSR count). The van der Waals surface area contributed by atoms with Crippen LogP contribution in [0.15, 0.2) is 18.2 Å². The van der Waals surface area contributed by atoms with E-state index in [4.69, 9.17) is 16.3 Å². The van der Waals surface area contributed by atoms with Gasteiger partial charge in [0.15, 0.2) is 5.82 Å². The Bertz CT molecular complexity index is 645. The summed E-state index contributed by atoms with van der Waals surface area (Å²) in [5.74, 6) is -1.06. The predicted molar refractivity (Wildman–Crippen MR) is 77.5 cm³/mol. The number of carbonyl (C=O) groups excluding carboxylic acids is 1. The molecule has 106 valence electrons. The molecular weight excluding hydrogens is 303 g/mol. The monoisotopic (exact) mass is 314 g/mol. The molecule has 0 spiro atoms. The fraction of sp³-hybridized carbons (Fsp3) is 0.231. The van der Waals surface area contributed by atoms with Gasteiger partial charge >= 0.3 is 5.97 Å². The maximum atomic E-state index is 13.8. The Balaban J connectivity index is 2.35. The molecule has 1 aromatic heterocycles. The van der Waals surface area contributed by atoms with Gasteiger partial charge in [0, 0.05) is 0 Å². The molecule has 4 nitrogen and oxygen atoms in total. The van der Waals surface area contributed by atoms with Crippen molar-refractivity contribution in [1.82, 2.24) is 4.37 Å². The summed E-state index contributed by atoms with van der Waals surface area (Å²) >= 11 is 6.79. The van der Waals surface area contributed by atoms with Gasteiger partial charge in [0.05, 0.1) is 23.0 Å². The van der Waals surface area contributed by atoms with Crippen molar-refractivity contribution in [2.75, 3.05) is 11.9 Å². The fourth-order valence-electron chi connectivity index (χ4n) is 1.62. The van der Waals surface area contributed by atoms with E-state index < -0.39 is 11.8 Å². The van der Waals surface area contributed by atoms with Crippen molar-refractivity contribution in [2.24, 2.45) is 0 Å². The van der Waals surface area contributed by atoms with E-state index in [2.05, 4.69) is 9.69 Å². The molecule has 0 unspecified atom stereocenters. The third-order valence-corrected chi connectivity index (χ3v) is 3.69. The van der Waals surface area contributed by atoms with Gasteiger partial charge in [-0.05, 0) is 37.5 Å². The number of hydrogen-bond donors (Lipinski definition) is 1. The molecule has 0 aliphatic heterocycles. The lowest BCUT2D eigenvalue weighted by molar-refractivity contribution is 0.0527. The van der Waals surface area contributed by atoms with Crippen LogP contribution in [0.5, 0.6) is 0 Å². The van der Waals surface area contributed by atoms with Gasteiger partial charge in [-0.25, -0.2) is 9.18 Å². The third kappa shape index (κ3) is 2.91. The third-order valence-electron chi connectivity index (χ3n) is 2.54.